The number of rotatable bonds is 1. The summed E-state index contributed by atoms with van der Waals surface area (Å²) in [5, 5.41) is 9.51. The van der Waals surface area contributed by atoms with Gasteiger partial charge in [0, 0.05) is 5.54 Å². The number of halogens is 1. The molecule has 1 aromatic rings. The summed E-state index contributed by atoms with van der Waals surface area (Å²) in [7, 11) is 0. The molecule has 0 spiro atoms. The number of phenolic OH excluding ortho intramolecular Hbond substituents is 1. The maximum Gasteiger partial charge on any atom is 0.130 e. The van der Waals surface area contributed by atoms with Crippen LogP contribution in [0.25, 0.3) is 0 Å². The van der Waals surface area contributed by atoms with E-state index in [9.17, 15) is 5.11 Å². The van der Waals surface area contributed by atoms with E-state index >= 15 is 0 Å². The number of phenols is 1. The van der Waals surface area contributed by atoms with E-state index in [4.69, 9.17) is 5.73 Å². The molecule has 70 valence electrons. The zero-order valence-electron chi connectivity index (χ0n) is 7.47. The van der Waals surface area contributed by atoms with E-state index in [2.05, 4.69) is 15.9 Å². The molecule has 0 aromatic heterocycles. The van der Waals surface area contributed by atoms with Crippen LogP contribution in [-0.4, -0.2) is 5.11 Å². The fourth-order valence-electron chi connectivity index (χ4n) is 1.60. The van der Waals surface area contributed by atoms with Gasteiger partial charge in [0.05, 0.1) is 4.47 Å². The Labute approximate surface area is 85.9 Å². The molecule has 3 heteroatoms. The Morgan fingerprint density at radius 1 is 1.46 bits per heavy atom. The van der Waals surface area contributed by atoms with Gasteiger partial charge in [-0.05, 0) is 59.0 Å². The Morgan fingerprint density at radius 2 is 2.08 bits per heavy atom. The van der Waals surface area contributed by atoms with Gasteiger partial charge in [-0.15, -0.1) is 0 Å². The molecule has 1 aliphatic carbocycles. The fraction of sp³-hybridized carbons (Fsp3) is 0.400. The molecule has 0 saturated heterocycles. The third kappa shape index (κ3) is 1.46. The Balaban J connectivity index is 2.52. The first kappa shape index (κ1) is 9.03. The maximum atomic E-state index is 9.51. The van der Waals surface area contributed by atoms with Crippen molar-refractivity contribution in [3.05, 3.63) is 27.7 Å². The van der Waals surface area contributed by atoms with Crippen LogP contribution in [0.2, 0.25) is 0 Å². The summed E-state index contributed by atoms with van der Waals surface area (Å²) in [5.41, 5.74) is 8.12. The molecule has 1 fully saturated rings. The van der Waals surface area contributed by atoms with Gasteiger partial charge in [-0.1, -0.05) is 0 Å². The van der Waals surface area contributed by atoms with E-state index in [1.54, 1.807) is 6.07 Å². The van der Waals surface area contributed by atoms with Crippen molar-refractivity contribution in [3.8, 4) is 5.75 Å². The topological polar surface area (TPSA) is 46.2 Å². The van der Waals surface area contributed by atoms with Crippen LogP contribution >= 0.6 is 15.9 Å². The second-order valence-electron chi connectivity index (χ2n) is 3.77. The molecular formula is C10H12BrNO. The van der Waals surface area contributed by atoms with Crippen molar-refractivity contribution in [2.24, 2.45) is 5.73 Å². The third-order valence-electron chi connectivity index (χ3n) is 2.62. The van der Waals surface area contributed by atoms with Gasteiger partial charge in [-0.2, -0.15) is 0 Å². The molecule has 2 rings (SSSR count). The molecule has 0 bridgehead atoms. The first-order valence-corrected chi connectivity index (χ1v) is 5.11. The average molecular weight is 242 g/mol. The summed E-state index contributed by atoms with van der Waals surface area (Å²) >= 11 is 3.28. The second-order valence-corrected chi connectivity index (χ2v) is 4.63. The zero-order valence-corrected chi connectivity index (χ0v) is 9.06. The molecule has 13 heavy (non-hydrogen) atoms. The molecule has 2 nitrogen and oxygen atoms in total. The molecule has 1 aromatic carbocycles. The number of aryl methyl sites for hydroxylation is 1. The summed E-state index contributed by atoms with van der Waals surface area (Å²) in [5.74, 6) is 0.275. The van der Waals surface area contributed by atoms with Crippen LogP contribution in [0.5, 0.6) is 5.75 Å². The maximum absolute atomic E-state index is 9.51. The SMILES string of the molecule is Cc1cc(Br)c(O)cc1C1(N)CC1. The lowest BCUT2D eigenvalue weighted by Gasteiger charge is -2.13. The summed E-state index contributed by atoms with van der Waals surface area (Å²) in [6.07, 6.45) is 2.05. The summed E-state index contributed by atoms with van der Waals surface area (Å²) < 4.78 is 0.734. The van der Waals surface area contributed by atoms with Crippen molar-refractivity contribution in [1.82, 2.24) is 0 Å². The molecule has 0 amide bonds. The van der Waals surface area contributed by atoms with Crippen LogP contribution in [0.15, 0.2) is 16.6 Å². The van der Waals surface area contributed by atoms with E-state index in [1.807, 2.05) is 13.0 Å². The Hall–Kier alpha value is -0.540. The largest absolute Gasteiger partial charge is 0.507 e. The molecule has 0 atom stereocenters. The van der Waals surface area contributed by atoms with Gasteiger partial charge in [0.15, 0.2) is 0 Å². The highest BCUT2D eigenvalue weighted by molar-refractivity contribution is 9.10. The Morgan fingerprint density at radius 3 is 2.62 bits per heavy atom. The van der Waals surface area contributed by atoms with E-state index in [-0.39, 0.29) is 11.3 Å². The normalized spacial score (nSPS) is 18.7. The van der Waals surface area contributed by atoms with E-state index in [0.29, 0.717) is 0 Å². The predicted octanol–water partition coefficient (Wildman–Crippen LogP) is 2.41. The molecule has 0 heterocycles. The highest BCUT2D eigenvalue weighted by Crippen LogP contribution is 2.45. The highest BCUT2D eigenvalue weighted by atomic mass is 79.9. The molecule has 0 aliphatic heterocycles. The van der Waals surface area contributed by atoms with Gasteiger partial charge in [-0.25, -0.2) is 0 Å². The van der Waals surface area contributed by atoms with Gasteiger partial charge in [0.25, 0.3) is 0 Å². The second kappa shape index (κ2) is 2.72. The quantitative estimate of drug-likeness (QED) is 0.794. The minimum Gasteiger partial charge on any atom is -0.507 e. The average Bonchev–Trinajstić information content (AvgIpc) is 2.77. The van der Waals surface area contributed by atoms with Crippen molar-refractivity contribution in [3.63, 3.8) is 0 Å². The monoisotopic (exact) mass is 241 g/mol. The standard InChI is InChI=1S/C10H12BrNO/c1-6-4-8(11)9(13)5-7(6)10(12)2-3-10/h4-5,13H,2-3,12H2,1H3. The van der Waals surface area contributed by atoms with Crippen molar-refractivity contribution < 1.29 is 5.11 Å². The fourth-order valence-corrected chi connectivity index (χ4v) is 2.06. The Kier molecular flexibility index (Phi) is 1.89. The first-order chi connectivity index (χ1) is 6.03. The lowest BCUT2D eigenvalue weighted by atomic mass is 10.00. The minimum atomic E-state index is -0.164. The minimum absolute atomic E-state index is 0.164. The molecular weight excluding hydrogens is 230 g/mol. The molecule has 0 unspecified atom stereocenters. The van der Waals surface area contributed by atoms with Gasteiger partial charge < -0.3 is 10.8 Å². The zero-order chi connectivity index (χ0) is 9.64. The lowest BCUT2D eigenvalue weighted by Crippen LogP contribution is -2.19. The number of aromatic hydroxyl groups is 1. The van der Waals surface area contributed by atoms with Crippen LogP contribution in [0, 0.1) is 6.92 Å². The number of benzene rings is 1. The summed E-state index contributed by atoms with van der Waals surface area (Å²) in [6.45, 7) is 2.02. The molecule has 1 aliphatic rings. The van der Waals surface area contributed by atoms with E-state index < -0.39 is 0 Å². The first-order valence-electron chi connectivity index (χ1n) is 4.31. The number of hydrogen-bond donors (Lipinski definition) is 2. The van der Waals surface area contributed by atoms with Crippen molar-refractivity contribution in [1.29, 1.82) is 0 Å². The predicted molar refractivity (Wildman–Crippen MR) is 55.6 cm³/mol. The van der Waals surface area contributed by atoms with Gasteiger partial charge in [0.2, 0.25) is 0 Å². The highest BCUT2D eigenvalue weighted by Gasteiger charge is 2.41. The number of nitrogens with two attached hydrogens (primary N) is 1. The van der Waals surface area contributed by atoms with Crippen LogP contribution in [0.3, 0.4) is 0 Å². The van der Waals surface area contributed by atoms with Crippen LogP contribution < -0.4 is 5.73 Å². The molecule has 3 N–H and O–H groups in total. The van der Waals surface area contributed by atoms with Crippen molar-refractivity contribution >= 4 is 15.9 Å². The molecule has 1 saturated carbocycles. The van der Waals surface area contributed by atoms with Crippen LogP contribution in [-0.2, 0) is 5.54 Å². The smallest absolute Gasteiger partial charge is 0.130 e. The van der Waals surface area contributed by atoms with Gasteiger partial charge in [-0.3, -0.25) is 0 Å². The summed E-state index contributed by atoms with van der Waals surface area (Å²) in [6, 6.07) is 3.68. The Bertz CT molecular complexity index is 358. The third-order valence-corrected chi connectivity index (χ3v) is 3.25. The molecule has 0 radical (unpaired) electrons. The lowest BCUT2D eigenvalue weighted by molar-refractivity contribution is 0.469. The van der Waals surface area contributed by atoms with E-state index in [0.717, 1.165) is 28.4 Å². The summed E-state index contributed by atoms with van der Waals surface area (Å²) in [4.78, 5) is 0. The van der Waals surface area contributed by atoms with Gasteiger partial charge >= 0.3 is 0 Å². The number of hydrogen-bond acceptors (Lipinski definition) is 2. The van der Waals surface area contributed by atoms with E-state index in [1.165, 1.54) is 0 Å². The van der Waals surface area contributed by atoms with Crippen molar-refractivity contribution in [2.45, 2.75) is 25.3 Å². The van der Waals surface area contributed by atoms with Crippen LogP contribution in [0.1, 0.15) is 24.0 Å². The van der Waals surface area contributed by atoms with Crippen LogP contribution in [0.4, 0.5) is 0 Å². The van der Waals surface area contributed by atoms with Gasteiger partial charge in [0.1, 0.15) is 5.75 Å². The van der Waals surface area contributed by atoms with Crippen molar-refractivity contribution in [2.75, 3.05) is 0 Å².